The van der Waals surface area contributed by atoms with Crippen LogP contribution in [0.4, 0.5) is 0 Å². The minimum absolute atomic E-state index is 0.458. The number of nitrogens with one attached hydrogen (secondary N) is 1. The van der Waals surface area contributed by atoms with Gasteiger partial charge in [0.1, 0.15) is 5.60 Å². The highest BCUT2D eigenvalue weighted by molar-refractivity contribution is 7.10. The Hall–Kier alpha value is -1.40. The Labute approximate surface area is 103 Å². The lowest BCUT2D eigenvalue weighted by Crippen LogP contribution is -2.46. The molecule has 6 heteroatoms. The lowest BCUT2D eigenvalue weighted by atomic mass is 10.1. The maximum absolute atomic E-state index is 11.8. The van der Waals surface area contributed by atoms with Crippen LogP contribution in [0.3, 0.4) is 0 Å². The van der Waals surface area contributed by atoms with Crippen molar-refractivity contribution < 1.29 is 19.4 Å². The molecule has 0 saturated carbocycles. The smallest absolute Gasteiger partial charge is 0.331 e. The van der Waals surface area contributed by atoms with Gasteiger partial charge >= 0.3 is 5.97 Å². The van der Waals surface area contributed by atoms with Crippen LogP contribution in [0.2, 0.25) is 0 Å². The first-order valence-corrected chi connectivity index (χ1v) is 5.89. The molecule has 1 aromatic rings. The number of carboxylic acids is 1. The second kappa shape index (κ2) is 5.29. The van der Waals surface area contributed by atoms with Crippen LogP contribution in [0, 0.1) is 0 Å². The molecule has 5 nitrogen and oxygen atoms in total. The third kappa shape index (κ3) is 3.28. The van der Waals surface area contributed by atoms with E-state index in [1.807, 2.05) is 0 Å². The second-order valence-electron chi connectivity index (χ2n) is 3.97. The van der Waals surface area contributed by atoms with E-state index in [1.54, 1.807) is 31.4 Å². The molecule has 94 valence electrons. The first-order valence-electron chi connectivity index (χ1n) is 5.01. The summed E-state index contributed by atoms with van der Waals surface area (Å²) >= 11 is 1.28. The van der Waals surface area contributed by atoms with Gasteiger partial charge in [-0.1, -0.05) is 6.07 Å². The van der Waals surface area contributed by atoms with Gasteiger partial charge in [0, 0.05) is 12.0 Å². The Bertz CT molecular complexity index is 400. The van der Waals surface area contributed by atoms with Crippen molar-refractivity contribution in [3.05, 3.63) is 22.4 Å². The fourth-order valence-electron chi connectivity index (χ4n) is 1.11. The van der Waals surface area contributed by atoms with E-state index in [9.17, 15) is 9.59 Å². The number of ether oxygens (including phenoxy) is 1. The van der Waals surface area contributed by atoms with E-state index >= 15 is 0 Å². The summed E-state index contributed by atoms with van der Waals surface area (Å²) in [5.41, 5.74) is -1.05. The van der Waals surface area contributed by atoms with Crippen molar-refractivity contribution in [3.8, 4) is 0 Å². The number of hydrogen-bond acceptors (Lipinski definition) is 4. The third-order valence-corrected chi connectivity index (χ3v) is 3.34. The molecule has 2 N–H and O–H groups in total. The molecule has 0 spiro atoms. The van der Waals surface area contributed by atoms with Gasteiger partial charge in [0.25, 0.3) is 5.91 Å². The van der Waals surface area contributed by atoms with Crippen molar-refractivity contribution in [2.75, 3.05) is 7.11 Å². The summed E-state index contributed by atoms with van der Waals surface area (Å²) in [5, 5.41) is 13.3. The Morgan fingerprint density at radius 1 is 1.53 bits per heavy atom. The highest BCUT2D eigenvalue weighted by atomic mass is 32.1. The summed E-state index contributed by atoms with van der Waals surface area (Å²) in [7, 11) is 1.40. The van der Waals surface area contributed by atoms with Gasteiger partial charge in [-0.2, -0.15) is 0 Å². The largest absolute Gasteiger partial charge is 0.479 e. The number of methoxy groups -OCH3 is 1. The fraction of sp³-hybridized carbons (Fsp3) is 0.455. The molecule has 0 radical (unpaired) electrons. The van der Waals surface area contributed by atoms with Crippen LogP contribution < -0.4 is 5.32 Å². The topological polar surface area (TPSA) is 75.6 Å². The van der Waals surface area contributed by atoms with Crippen LogP contribution in [-0.4, -0.2) is 29.7 Å². The normalized spacial score (nSPS) is 13.1. The third-order valence-electron chi connectivity index (χ3n) is 2.41. The summed E-state index contributed by atoms with van der Waals surface area (Å²) in [5.74, 6) is -1.55. The molecule has 1 unspecified atom stereocenters. The maximum Gasteiger partial charge on any atom is 0.331 e. The zero-order valence-electron chi connectivity index (χ0n) is 9.89. The minimum atomic E-state index is -1.09. The summed E-state index contributed by atoms with van der Waals surface area (Å²) in [6, 6.07) is 2.38. The summed E-state index contributed by atoms with van der Waals surface area (Å²) in [6.07, 6.45) is 0. The van der Waals surface area contributed by atoms with Gasteiger partial charge in [-0.3, -0.25) is 4.79 Å². The molecular formula is C11H15NO4S. The van der Waals surface area contributed by atoms with Crippen LogP contribution in [0.15, 0.2) is 17.5 Å². The first kappa shape index (κ1) is 13.7. The summed E-state index contributed by atoms with van der Waals surface area (Å²) in [4.78, 5) is 23.5. The van der Waals surface area contributed by atoms with E-state index < -0.39 is 23.5 Å². The number of hydrogen-bond donors (Lipinski definition) is 2. The number of thiophene rings is 1. The molecule has 17 heavy (non-hydrogen) atoms. The van der Waals surface area contributed by atoms with Crippen LogP contribution in [0.1, 0.15) is 24.8 Å². The Morgan fingerprint density at radius 3 is 2.59 bits per heavy atom. The van der Waals surface area contributed by atoms with Gasteiger partial charge in [-0.15, -0.1) is 11.3 Å². The van der Waals surface area contributed by atoms with Crippen LogP contribution >= 0.6 is 11.3 Å². The van der Waals surface area contributed by atoms with Crippen molar-refractivity contribution in [1.82, 2.24) is 5.32 Å². The lowest BCUT2D eigenvalue weighted by molar-refractivity contribution is -0.147. The molecular weight excluding hydrogens is 242 g/mol. The highest BCUT2D eigenvalue weighted by Crippen LogP contribution is 2.20. The molecule has 1 atom stereocenters. The van der Waals surface area contributed by atoms with Gasteiger partial charge in [-0.25, -0.2) is 4.79 Å². The van der Waals surface area contributed by atoms with Gasteiger partial charge in [0.05, 0.1) is 0 Å². The van der Waals surface area contributed by atoms with Gasteiger partial charge in [-0.05, 0) is 25.3 Å². The van der Waals surface area contributed by atoms with Crippen LogP contribution in [0.25, 0.3) is 0 Å². The van der Waals surface area contributed by atoms with E-state index in [4.69, 9.17) is 9.84 Å². The first-order chi connectivity index (χ1) is 7.88. The maximum atomic E-state index is 11.8. The minimum Gasteiger partial charge on any atom is -0.479 e. The molecule has 0 aliphatic rings. The Kier molecular flexibility index (Phi) is 4.25. The van der Waals surface area contributed by atoms with E-state index in [2.05, 4.69) is 5.32 Å². The van der Waals surface area contributed by atoms with Gasteiger partial charge in [0.15, 0.2) is 6.04 Å². The Morgan fingerprint density at radius 2 is 2.18 bits per heavy atom. The van der Waals surface area contributed by atoms with Gasteiger partial charge < -0.3 is 15.2 Å². The second-order valence-corrected chi connectivity index (χ2v) is 4.95. The number of aliphatic carboxylic acids is 1. The van der Waals surface area contributed by atoms with Crippen molar-refractivity contribution in [1.29, 1.82) is 0 Å². The zero-order valence-corrected chi connectivity index (χ0v) is 10.7. The van der Waals surface area contributed by atoms with E-state index in [0.717, 1.165) is 0 Å². The molecule has 1 rings (SSSR count). The molecule has 0 aliphatic heterocycles. The zero-order chi connectivity index (χ0) is 13.1. The van der Waals surface area contributed by atoms with E-state index in [1.165, 1.54) is 18.4 Å². The SMILES string of the molecule is COC(C)(C)C(=O)NC(C(=O)O)c1cccs1. The predicted octanol–water partition coefficient (Wildman–Crippen LogP) is 1.41. The number of amides is 1. The number of rotatable bonds is 5. The van der Waals surface area contributed by atoms with E-state index in [0.29, 0.717) is 4.88 Å². The molecule has 0 aromatic carbocycles. The summed E-state index contributed by atoms with van der Waals surface area (Å²) < 4.78 is 5.00. The van der Waals surface area contributed by atoms with Crippen molar-refractivity contribution in [3.63, 3.8) is 0 Å². The Balaban J connectivity index is 2.83. The van der Waals surface area contributed by atoms with Crippen LogP contribution in [-0.2, 0) is 14.3 Å². The summed E-state index contributed by atoms with van der Waals surface area (Å²) in [6.45, 7) is 3.16. The van der Waals surface area contributed by atoms with Gasteiger partial charge in [0.2, 0.25) is 0 Å². The molecule has 0 fully saturated rings. The molecule has 1 aromatic heterocycles. The van der Waals surface area contributed by atoms with E-state index in [-0.39, 0.29) is 0 Å². The fourth-order valence-corrected chi connectivity index (χ4v) is 1.87. The van der Waals surface area contributed by atoms with Crippen molar-refractivity contribution in [2.24, 2.45) is 0 Å². The molecule has 1 heterocycles. The molecule has 0 bridgehead atoms. The molecule has 1 amide bonds. The van der Waals surface area contributed by atoms with Crippen molar-refractivity contribution >= 4 is 23.2 Å². The lowest BCUT2D eigenvalue weighted by Gasteiger charge is -2.24. The van der Waals surface area contributed by atoms with Crippen molar-refractivity contribution in [2.45, 2.75) is 25.5 Å². The molecule has 0 saturated heterocycles. The predicted molar refractivity (Wildman–Crippen MR) is 63.9 cm³/mol. The monoisotopic (exact) mass is 257 g/mol. The molecule has 0 aliphatic carbocycles. The standard InChI is InChI=1S/C11H15NO4S/c1-11(2,16-3)10(15)12-8(9(13)14)7-5-4-6-17-7/h4-6,8H,1-3H3,(H,12,15)(H,13,14). The number of carbonyl (C=O) groups is 2. The number of carbonyl (C=O) groups excluding carboxylic acids is 1. The number of carboxylic acid groups (broad SMARTS) is 1. The average Bonchev–Trinajstić information content (AvgIpc) is 2.78. The quantitative estimate of drug-likeness (QED) is 0.836. The highest BCUT2D eigenvalue weighted by Gasteiger charge is 2.32. The van der Waals surface area contributed by atoms with Crippen LogP contribution in [0.5, 0.6) is 0 Å². The average molecular weight is 257 g/mol.